The highest BCUT2D eigenvalue weighted by molar-refractivity contribution is 6.00. The molecular weight excluding hydrogens is 506 g/mol. The fourth-order valence-corrected chi connectivity index (χ4v) is 5.04. The number of amides is 2. The molecule has 2 aromatic heterocycles. The van der Waals surface area contributed by atoms with E-state index in [2.05, 4.69) is 21.7 Å². The Kier molecular flexibility index (Phi) is 7.64. The molecule has 0 spiro atoms. The number of hydrogen-bond acceptors (Lipinski definition) is 7. The van der Waals surface area contributed by atoms with Crippen LogP contribution in [0.3, 0.4) is 0 Å². The second kappa shape index (κ2) is 11.5. The first-order valence-electron chi connectivity index (χ1n) is 13.2. The fraction of sp³-hybridized carbons (Fsp3) is 0.300. The molecule has 0 atom stereocenters. The van der Waals surface area contributed by atoms with Gasteiger partial charge in [-0.2, -0.15) is 5.26 Å². The fourth-order valence-electron chi connectivity index (χ4n) is 5.04. The number of methoxy groups -OCH3 is 1. The number of ether oxygens (including phenoxy) is 1. The van der Waals surface area contributed by atoms with Crippen molar-refractivity contribution in [1.82, 2.24) is 25.2 Å². The molecule has 1 aliphatic rings. The molecule has 0 radical (unpaired) electrons. The Morgan fingerprint density at radius 1 is 1.07 bits per heavy atom. The number of rotatable bonds is 8. The van der Waals surface area contributed by atoms with Gasteiger partial charge in [0.25, 0.3) is 5.91 Å². The zero-order valence-corrected chi connectivity index (χ0v) is 22.5. The maximum atomic E-state index is 13.6. The number of fused-ring (bicyclic) bond motifs is 1. The Bertz CT molecular complexity index is 1570. The van der Waals surface area contributed by atoms with Crippen LogP contribution in [0.1, 0.15) is 35.8 Å². The molecule has 204 valence electrons. The van der Waals surface area contributed by atoms with Crippen LogP contribution >= 0.6 is 0 Å². The standard InChI is InChI=1S/C30H31N7O3/c1-20(38)32-13-14-33-27-24-18-25(34-28(24)36-26(35-27)21-7-4-3-5-8-21)29(39)37-15-11-30(19-31,12-16-37)22-9-6-10-23(17-22)40-2/h3-10,17-18H,11-16H2,1-2H3,(H,32,38)(H2,33,34,35,36). The zero-order chi connectivity index (χ0) is 28.1. The van der Waals surface area contributed by atoms with Crippen LogP contribution in [0.4, 0.5) is 5.82 Å². The second-order valence-corrected chi connectivity index (χ2v) is 9.83. The highest BCUT2D eigenvalue weighted by atomic mass is 16.5. The van der Waals surface area contributed by atoms with Gasteiger partial charge in [0.05, 0.1) is 24.0 Å². The second-order valence-electron chi connectivity index (χ2n) is 9.83. The normalized spacial score (nSPS) is 14.4. The molecule has 2 amide bonds. The number of piperidine rings is 1. The SMILES string of the molecule is COc1cccc(C2(C#N)CCN(C(=O)c3cc4c(NCCNC(C)=O)nc(-c5ccccc5)nc4[nH]3)CC2)c1. The third-order valence-corrected chi connectivity index (χ3v) is 7.28. The van der Waals surface area contributed by atoms with E-state index in [0.29, 0.717) is 73.1 Å². The first kappa shape index (κ1) is 26.7. The summed E-state index contributed by atoms with van der Waals surface area (Å²) in [6.07, 6.45) is 1.05. The summed E-state index contributed by atoms with van der Waals surface area (Å²) in [6, 6.07) is 21.5. The lowest BCUT2D eigenvalue weighted by Crippen LogP contribution is -2.44. The van der Waals surface area contributed by atoms with Crippen molar-refractivity contribution in [2.24, 2.45) is 0 Å². The number of aromatic nitrogens is 3. The van der Waals surface area contributed by atoms with Crippen molar-refractivity contribution < 1.29 is 14.3 Å². The highest BCUT2D eigenvalue weighted by Crippen LogP contribution is 2.37. The number of nitrogens with zero attached hydrogens (tertiary/aromatic N) is 4. The summed E-state index contributed by atoms with van der Waals surface area (Å²) >= 11 is 0. The van der Waals surface area contributed by atoms with Crippen molar-refractivity contribution >= 4 is 28.7 Å². The minimum Gasteiger partial charge on any atom is -0.497 e. The van der Waals surface area contributed by atoms with E-state index in [1.807, 2.05) is 54.6 Å². The smallest absolute Gasteiger partial charge is 0.270 e. The molecule has 3 N–H and O–H groups in total. The molecule has 1 saturated heterocycles. The molecule has 0 unspecified atom stereocenters. The summed E-state index contributed by atoms with van der Waals surface area (Å²) in [4.78, 5) is 39.3. The Morgan fingerprint density at radius 3 is 2.55 bits per heavy atom. The number of aromatic amines is 1. The third-order valence-electron chi connectivity index (χ3n) is 7.28. The number of nitrogens with one attached hydrogen (secondary N) is 3. The summed E-state index contributed by atoms with van der Waals surface area (Å²) in [6.45, 7) is 3.25. The van der Waals surface area contributed by atoms with E-state index in [1.165, 1.54) is 6.92 Å². The van der Waals surface area contributed by atoms with Crippen LogP contribution < -0.4 is 15.4 Å². The summed E-state index contributed by atoms with van der Waals surface area (Å²) in [7, 11) is 1.61. The van der Waals surface area contributed by atoms with Crippen LogP contribution in [0.25, 0.3) is 22.4 Å². The monoisotopic (exact) mass is 537 g/mol. The molecule has 2 aromatic carbocycles. The molecule has 5 rings (SSSR count). The lowest BCUT2D eigenvalue weighted by atomic mass is 9.74. The van der Waals surface area contributed by atoms with Gasteiger partial charge in [-0.3, -0.25) is 9.59 Å². The lowest BCUT2D eigenvalue weighted by molar-refractivity contribution is -0.118. The maximum Gasteiger partial charge on any atom is 0.270 e. The Labute approximate surface area is 232 Å². The summed E-state index contributed by atoms with van der Waals surface area (Å²) in [5, 5.41) is 16.8. The predicted octanol–water partition coefficient (Wildman–Crippen LogP) is 3.88. The van der Waals surface area contributed by atoms with Gasteiger partial charge in [-0.05, 0) is 36.6 Å². The van der Waals surface area contributed by atoms with E-state index in [-0.39, 0.29) is 11.8 Å². The largest absolute Gasteiger partial charge is 0.497 e. The molecule has 40 heavy (non-hydrogen) atoms. The van der Waals surface area contributed by atoms with Gasteiger partial charge >= 0.3 is 0 Å². The van der Waals surface area contributed by atoms with Gasteiger partial charge < -0.3 is 25.3 Å². The summed E-state index contributed by atoms with van der Waals surface area (Å²) in [5.74, 6) is 1.54. The highest BCUT2D eigenvalue weighted by Gasteiger charge is 2.38. The number of nitriles is 1. The van der Waals surface area contributed by atoms with E-state index in [1.54, 1.807) is 18.1 Å². The van der Waals surface area contributed by atoms with Gasteiger partial charge in [0, 0.05) is 38.7 Å². The minimum atomic E-state index is -0.674. The predicted molar refractivity (Wildman–Crippen MR) is 152 cm³/mol. The van der Waals surface area contributed by atoms with Gasteiger partial charge in [-0.15, -0.1) is 0 Å². The molecule has 4 aromatic rings. The number of hydrogen-bond donors (Lipinski definition) is 3. The topological polar surface area (TPSA) is 136 Å². The maximum absolute atomic E-state index is 13.6. The molecule has 1 aliphatic heterocycles. The molecule has 0 bridgehead atoms. The first-order chi connectivity index (χ1) is 19.4. The van der Waals surface area contributed by atoms with E-state index in [9.17, 15) is 14.9 Å². The van der Waals surface area contributed by atoms with E-state index in [4.69, 9.17) is 14.7 Å². The Balaban J connectivity index is 1.39. The number of carbonyl (C=O) groups is 2. The number of H-pyrrole nitrogens is 1. The molecule has 0 aliphatic carbocycles. The van der Waals surface area contributed by atoms with Crippen LogP contribution in [0.5, 0.6) is 5.75 Å². The molecular formula is C30H31N7O3. The minimum absolute atomic E-state index is 0.109. The third kappa shape index (κ3) is 5.45. The molecule has 10 nitrogen and oxygen atoms in total. The van der Waals surface area contributed by atoms with Gasteiger partial charge in [0.1, 0.15) is 22.9 Å². The first-order valence-corrected chi connectivity index (χ1v) is 13.2. The number of likely N-dealkylation sites (tertiary alicyclic amines) is 1. The van der Waals surface area contributed by atoms with Crippen LogP contribution in [0.15, 0.2) is 60.7 Å². The van der Waals surface area contributed by atoms with Crippen LogP contribution in [-0.2, 0) is 10.2 Å². The number of anilines is 1. The quantitative estimate of drug-likeness (QED) is 0.290. The van der Waals surface area contributed by atoms with Crippen LogP contribution in [0, 0.1) is 11.3 Å². The lowest BCUT2D eigenvalue weighted by Gasteiger charge is -2.37. The summed E-state index contributed by atoms with van der Waals surface area (Å²) < 4.78 is 5.36. The average molecular weight is 538 g/mol. The van der Waals surface area contributed by atoms with Crippen molar-refractivity contribution in [1.29, 1.82) is 5.26 Å². The van der Waals surface area contributed by atoms with Crippen molar-refractivity contribution in [3.8, 4) is 23.2 Å². The zero-order valence-electron chi connectivity index (χ0n) is 22.5. The van der Waals surface area contributed by atoms with Gasteiger partial charge in [-0.1, -0.05) is 42.5 Å². The average Bonchev–Trinajstić information content (AvgIpc) is 3.44. The Morgan fingerprint density at radius 2 is 1.85 bits per heavy atom. The molecule has 3 heterocycles. The number of carbonyl (C=O) groups excluding carboxylic acids is 2. The van der Waals surface area contributed by atoms with Crippen molar-refractivity contribution in [3.63, 3.8) is 0 Å². The van der Waals surface area contributed by atoms with Crippen molar-refractivity contribution in [2.75, 3.05) is 38.6 Å². The molecule has 10 heteroatoms. The van der Waals surface area contributed by atoms with Gasteiger partial charge in [0.15, 0.2) is 5.82 Å². The Hall–Kier alpha value is -4.91. The molecule has 1 fully saturated rings. The van der Waals surface area contributed by atoms with Gasteiger partial charge in [-0.25, -0.2) is 9.97 Å². The van der Waals surface area contributed by atoms with E-state index >= 15 is 0 Å². The van der Waals surface area contributed by atoms with Gasteiger partial charge in [0.2, 0.25) is 5.91 Å². The van der Waals surface area contributed by atoms with E-state index < -0.39 is 5.41 Å². The van der Waals surface area contributed by atoms with Crippen LogP contribution in [0.2, 0.25) is 0 Å². The van der Waals surface area contributed by atoms with Crippen molar-refractivity contribution in [3.05, 3.63) is 71.9 Å². The van der Waals surface area contributed by atoms with Crippen LogP contribution in [-0.4, -0.2) is 65.0 Å². The molecule has 0 saturated carbocycles. The van der Waals surface area contributed by atoms with Crippen molar-refractivity contribution in [2.45, 2.75) is 25.2 Å². The summed E-state index contributed by atoms with van der Waals surface area (Å²) in [5.41, 5.74) is 2.03. The van der Waals surface area contributed by atoms with E-state index in [0.717, 1.165) is 11.1 Å². The number of benzene rings is 2.